The molecule has 2 heterocycles. The smallest absolute Gasteiger partial charge is 0.175 e. The van der Waals surface area contributed by atoms with Crippen molar-refractivity contribution in [2.45, 2.75) is 27.7 Å². The zero-order chi connectivity index (χ0) is 14.3. The van der Waals surface area contributed by atoms with Crippen molar-refractivity contribution >= 4 is 5.84 Å². The van der Waals surface area contributed by atoms with Crippen LogP contribution in [0.1, 0.15) is 28.2 Å². The average Bonchev–Trinajstić information content (AvgIpc) is 2.79. The van der Waals surface area contributed by atoms with Gasteiger partial charge in [0.05, 0.1) is 17.0 Å². The Balaban J connectivity index is 2.79. The van der Waals surface area contributed by atoms with Crippen LogP contribution in [-0.2, 0) is 7.05 Å². The first-order chi connectivity index (χ1) is 8.88. The number of nitrogens with two attached hydrogens (primary N) is 1. The first-order valence-corrected chi connectivity index (χ1v) is 5.93. The molecular formula is C12H18N6O. The molecule has 7 heteroatoms. The monoisotopic (exact) mass is 262 g/mol. The summed E-state index contributed by atoms with van der Waals surface area (Å²) in [5, 5.41) is 20.8. The topological polar surface area (TPSA) is 94.2 Å². The lowest BCUT2D eigenvalue weighted by atomic mass is 10.2. The van der Waals surface area contributed by atoms with Gasteiger partial charge < -0.3 is 10.9 Å². The van der Waals surface area contributed by atoms with Crippen molar-refractivity contribution in [3.8, 4) is 5.82 Å². The molecule has 0 amide bonds. The normalized spacial score (nSPS) is 12.2. The Morgan fingerprint density at radius 2 is 1.79 bits per heavy atom. The second kappa shape index (κ2) is 4.42. The fraction of sp³-hybridized carbons (Fsp3) is 0.417. The van der Waals surface area contributed by atoms with E-state index in [1.807, 2.05) is 34.7 Å². The Labute approximate surface area is 111 Å². The van der Waals surface area contributed by atoms with Crippen LogP contribution in [0.25, 0.3) is 5.82 Å². The molecule has 7 nitrogen and oxygen atoms in total. The number of aromatic nitrogens is 4. The van der Waals surface area contributed by atoms with Gasteiger partial charge in [0.15, 0.2) is 11.7 Å². The van der Waals surface area contributed by atoms with Gasteiger partial charge in [0.1, 0.15) is 0 Å². The minimum Gasteiger partial charge on any atom is -0.409 e. The van der Waals surface area contributed by atoms with Crippen LogP contribution in [0, 0.1) is 27.7 Å². The molecule has 0 saturated carbocycles. The highest BCUT2D eigenvalue weighted by molar-refractivity contribution is 6.00. The first kappa shape index (κ1) is 13.1. The molecule has 0 spiro atoms. The Kier molecular flexibility index (Phi) is 3.05. The number of amidine groups is 1. The van der Waals surface area contributed by atoms with Gasteiger partial charge in [0, 0.05) is 12.7 Å². The van der Waals surface area contributed by atoms with Crippen LogP contribution in [0.15, 0.2) is 5.16 Å². The van der Waals surface area contributed by atoms with E-state index in [2.05, 4.69) is 15.4 Å². The molecule has 2 rings (SSSR count). The Hall–Kier alpha value is -2.31. The summed E-state index contributed by atoms with van der Waals surface area (Å²) in [4.78, 5) is 0. The van der Waals surface area contributed by atoms with Crippen LogP contribution in [0.3, 0.4) is 0 Å². The van der Waals surface area contributed by atoms with Crippen molar-refractivity contribution in [3.05, 3.63) is 28.2 Å². The highest BCUT2D eigenvalue weighted by atomic mass is 16.4. The summed E-state index contributed by atoms with van der Waals surface area (Å²) in [6.07, 6.45) is 0. The highest BCUT2D eigenvalue weighted by Crippen LogP contribution is 2.21. The fourth-order valence-corrected chi connectivity index (χ4v) is 2.17. The third-order valence-corrected chi connectivity index (χ3v) is 3.41. The summed E-state index contributed by atoms with van der Waals surface area (Å²) in [7, 11) is 1.81. The van der Waals surface area contributed by atoms with Gasteiger partial charge in [0.25, 0.3) is 0 Å². The minimum atomic E-state index is 0.0332. The predicted molar refractivity (Wildman–Crippen MR) is 71.8 cm³/mol. The summed E-state index contributed by atoms with van der Waals surface area (Å²) < 4.78 is 3.46. The summed E-state index contributed by atoms with van der Waals surface area (Å²) >= 11 is 0. The molecule has 0 aliphatic heterocycles. The molecule has 0 aliphatic carbocycles. The molecule has 0 unspecified atom stereocenters. The minimum absolute atomic E-state index is 0.0332. The molecule has 102 valence electrons. The molecule has 19 heavy (non-hydrogen) atoms. The van der Waals surface area contributed by atoms with Crippen LogP contribution in [0.5, 0.6) is 0 Å². The maximum absolute atomic E-state index is 8.92. The van der Waals surface area contributed by atoms with Gasteiger partial charge in [-0.05, 0) is 33.3 Å². The molecule has 0 saturated heterocycles. The van der Waals surface area contributed by atoms with E-state index in [4.69, 9.17) is 10.9 Å². The van der Waals surface area contributed by atoms with Crippen molar-refractivity contribution in [3.63, 3.8) is 0 Å². The van der Waals surface area contributed by atoms with E-state index in [1.165, 1.54) is 0 Å². The molecule has 0 aliphatic rings. The van der Waals surface area contributed by atoms with Crippen molar-refractivity contribution in [2.75, 3.05) is 0 Å². The van der Waals surface area contributed by atoms with Crippen molar-refractivity contribution in [1.29, 1.82) is 0 Å². The first-order valence-electron chi connectivity index (χ1n) is 5.93. The molecule has 0 atom stereocenters. The van der Waals surface area contributed by atoms with Crippen molar-refractivity contribution in [1.82, 2.24) is 19.6 Å². The number of nitrogens with zero attached hydrogens (tertiary/aromatic N) is 5. The van der Waals surface area contributed by atoms with Crippen molar-refractivity contribution < 1.29 is 5.21 Å². The zero-order valence-electron chi connectivity index (χ0n) is 11.8. The Morgan fingerprint density at radius 3 is 2.26 bits per heavy atom. The molecule has 0 radical (unpaired) electrons. The van der Waals surface area contributed by atoms with Crippen LogP contribution in [0.2, 0.25) is 0 Å². The quantitative estimate of drug-likeness (QED) is 0.364. The van der Waals surface area contributed by atoms with E-state index < -0.39 is 0 Å². The van der Waals surface area contributed by atoms with E-state index in [9.17, 15) is 0 Å². The van der Waals surface area contributed by atoms with E-state index in [0.717, 1.165) is 17.0 Å². The van der Waals surface area contributed by atoms with E-state index in [0.29, 0.717) is 17.1 Å². The summed E-state index contributed by atoms with van der Waals surface area (Å²) in [5.41, 5.74) is 10.1. The molecule has 2 aromatic heterocycles. The largest absolute Gasteiger partial charge is 0.409 e. The van der Waals surface area contributed by atoms with E-state index >= 15 is 0 Å². The Bertz CT molecular complexity index is 664. The van der Waals surface area contributed by atoms with Gasteiger partial charge in [-0.15, -0.1) is 0 Å². The van der Waals surface area contributed by atoms with Gasteiger partial charge in [-0.3, -0.25) is 4.68 Å². The van der Waals surface area contributed by atoms with Crippen LogP contribution >= 0.6 is 0 Å². The fourth-order valence-electron chi connectivity index (χ4n) is 2.17. The lowest BCUT2D eigenvalue weighted by Gasteiger charge is -2.08. The molecule has 0 fully saturated rings. The van der Waals surface area contributed by atoms with Crippen LogP contribution < -0.4 is 5.73 Å². The number of aryl methyl sites for hydroxylation is 3. The molecule has 0 bridgehead atoms. The van der Waals surface area contributed by atoms with Crippen LogP contribution in [-0.4, -0.2) is 30.6 Å². The zero-order valence-corrected chi connectivity index (χ0v) is 11.8. The molecule has 0 aromatic carbocycles. The van der Waals surface area contributed by atoms with Gasteiger partial charge in [-0.2, -0.15) is 10.2 Å². The number of hydrogen-bond donors (Lipinski definition) is 2. The summed E-state index contributed by atoms with van der Waals surface area (Å²) in [5.74, 6) is 0.729. The number of oxime groups is 1. The molecular weight excluding hydrogens is 244 g/mol. The van der Waals surface area contributed by atoms with Gasteiger partial charge in [-0.25, -0.2) is 4.68 Å². The summed E-state index contributed by atoms with van der Waals surface area (Å²) in [6, 6.07) is 0. The van der Waals surface area contributed by atoms with Gasteiger partial charge in [0.2, 0.25) is 0 Å². The van der Waals surface area contributed by atoms with Crippen LogP contribution in [0.4, 0.5) is 0 Å². The molecule has 3 N–H and O–H groups in total. The lowest BCUT2D eigenvalue weighted by Crippen LogP contribution is -2.18. The number of hydrogen-bond acceptors (Lipinski definition) is 4. The van der Waals surface area contributed by atoms with E-state index in [1.54, 1.807) is 9.36 Å². The van der Waals surface area contributed by atoms with E-state index in [-0.39, 0.29) is 5.84 Å². The SMILES string of the molecule is Cc1nn(-c2c(C(N)=NO)c(C)nn2C)c(C)c1C. The highest BCUT2D eigenvalue weighted by Gasteiger charge is 2.21. The maximum Gasteiger partial charge on any atom is 0.175 e. The Morgan fingerprint density at radius 1 is 1.16 bits per heavy atom. The second-order valence-corrected chi connectivity index (χ2v) is 4.60. The standard InChI is InChI=1S/C12H18N6O/c1-6-7(2)15-18(9(6)4)12-10(11(13)16-19)8(3)14-17(12)5/h19H,1-5H3,(H2,13,16). The maximum atomic E-state index is 8.92. The van der Waals surface area contributed by atoms with Gasteiger partial charge in [-0.1, -0.05) is 5.16 Å². The summed E-state index contributed by atoms with van der Waals surface area (Å²) in [6.45, 7) is 7.76. The third kappa shape index (κ3) is 1.87. The van der Waals surface area contributed by atoms with Crippen molar-refractivity contribution in [2.24, 2.45) is 17.9 Å². The third-order valence-electron chi connectivity index (χ3n) is 3.41. The average molecular weight is 262 g/mol. The van der Waals surface area contributed by atoms with Gasteiger partial charge >= 0.3 is 0 Å². The number of rotatable bonds is 2. The lowest BCUT2D eigenvalue weighted by molar-refractivity contribution is 0.318. The predicted octanol–water partition coefficient (Wildman–Crippen LogP) is 0.934. The second-order valence-electron chi connectivity index (χ2n) is 4.60. The molecule has 2 aromatic rings.